The molecular formula is C41H23N5O. The van der Waals surface area contributed by atoms with E-state index in [2.05, 4.69) is 30.3 Å². The highest BCUT2D eigenvalue weighted by Gasteiger charge is 2.22. The van der Waals surface area contributed by atoms with Crippen molar-refractivity contribution in [3.63, 3.8) is 0 Å². The number of benzene rings is 6. The SMILES string of the molecule is N#Cc1cc(C#N)cc(-c2ccc(-c3ccc4c(oc5ccccc54)c3-c3nc(-c4ccccc4)nc(-c4ccccc4)n3)cc2)c1. The second-order valence-corrected chi connectivity index (χ2v) is 11.1. The molecule has 0 unspecified atom stereocenters. The van der Waals surface area contributed by atoms with Gasteiger partial charge in [-0.15, -0.1) is 0 Å². The van der Waals surface area contributed by atoms with Crippen molar-refractivity contribution in [3.8, 4) is 68.6 Å². The monoisotopic (exact) mass is 601 g/mol. The normalized spacial score (nSPS) is 10.9. The van der Waals surface area contributed by atoms with E-state index >= 15 is 0 Å². The number of nitrogens with zero attached hydrogens (tertiary/aromatic N) is 5. The van der Waals surface area contributed by atoms with E-state index in [9.17, 15) is 10.5 Å². The Morgan fingerprint density at radius 2 is 1.00 bits per heavy atom. The smallest absolute Gasteiger partial charge is 0.168 e. The van der Waals surface area contributed by atoms with Crippen molar-refractivity contribution in [3.05, 3.63) is 151 Å². The molecule has 0 bridgehead atoms. The number of fused-ring (bicyclic) bond motifs is 3. The summed E-state index contributed by atoms with van der Waals surface area (Å²) in [6.45, 7) is 0. The zero-order chi connectivity index (χ0) is 31.7. The number of hydrogen-bond acceptors (Lipinski definition) is 6. The van der Waals surface area contributed by atoms with Crippen LogP contribution in [0.2, 0.25) is 0 Å². The standard InChI is InChI=1S/C41H23N5O/c42-24-26-21-27(25-43)23-32(22-26)28-15-17-29(18-16-28)33-19-20-35-34-13-7-8-14-36(34)47-38(35)37(33)41-45-39(30-9-3-1-4-10-30)44-40(46-41)31-11-5-2-6-12-31/h1-23H. The highest BCUT2D eigenvalue weighted by molar-refractivity contribution is 6.12. The third-order valence-corrected chi connectivity index (χ3v) is 8.19. The van der Waals surface area contributed by atoms with Crippen molar-refractivity contribution in [2.45, 2.75) is 0 Å². The molecule has 218 valence electrons. The molecule has 0 saturated heterocycles. The Morgan fingerprint density at radius 1 is 0.447 bits per heavy atom. The largest absolute Gasteiger partial charge is 0.455 e. The number of hydrogen-bond donors (Lipinski definition) is 0. The molecule has 0 aliphatic rings. The van der Waals surface area contributed by atoms with Gasteiger partial charge in [0.25, 0.3) is 0 Å². The maximum absolute atomic E-state index is 9.50. The van der Waals surface area contributed by atoms with Gasteiger partial charge in [-0.3, -0.25) is 0 Å². The highest BCUT2D eigenvalue weighted by atomic mass is 16.3. The van der Waals surface area contributed by atoms with Gasteiger partial charge < -0.3 is 4.42 Å². The van der Waals surface area contributed by atoms with Crippen LogP contribution in [-0.2, 0) is 0 Å². The van der Waals surface area contributed by atoms with Gasteiger partial charge in [-0.1, -0.05) is 109 Å². The van der Waals surface area contributed by atoms with Crippen LogP contribution in [-0.4, -0.2) is 15.0 Å². The van der Waals surface area contributed by atoms with E-state index in [-0.39, 0.29) is 0 Å². The Morgan fingerprint density at radius 3 is 1.62 bits per heavy atom. The molecule has 0 atom stereocenters. The molecule has 6 nitrogen and oxygen atoms in total. The van der Waals surface area contributed by atoms with Gasteiger partial charge in [-0.25, -0.2) is 15.0 Å². The molecule has 47 heavy (non-hydrogen) atoms. The average molecular weight is 602 g/mol. The van der Waals surface area contributed by atoms with Crippen LogP contribution in [0.25, 0.3) is 78.4 Å². The molecule has 6 aromatic carbocycles. The summed E-state index contributed by atoms with van der Waals surface area (Å²) in [5, 5.41) is 21.0. The van der Waals surface area contributed by atoms with Gasteiger partial charge in [0.1, 0.15) is 11.2 Å². The van der Waals surface area contributed by atoms with Gasteiger partial charge in [0.15, 0.2) is 17.5 Å². The van der Waals surface area contributed by atoms with Gasteiger partial charge >= 0.3 is 0 Å². The predicted molar refractivity (Wildman–Crippen MR) is 184 cm³/mol. The Bertz CT molecular complexity index is 2430. The lowest BCUT2D eigenvalue weighted by molar-refractivity contribution is 0.669. The van der Waals surface area contributed by atoms with Crippen LogP contribution in [0.5, 0.6) is 0 Å². The minimum atomic E-state index is 0.444. The van der Waals surface area contributed by atoms with Crippen LogP contribution < -0.4 is 0 Å². The van der Waals surface area contributed by atoms with Gasteiger partial charge in [0, 0.05) is 21.9 Å². The number of rotatable bonds is 5. The molecule has 0 amide bonds. The molecule has 0 aliphatic heterocycles. The van der Waals surface area contributed by atoms with Gasteiger partial charge in [0.2, 0.25) is 0 Å². The number of nitriles is 2. The van der Waals surface area contributed by atoms with Crippen molar-refractivity contribution < 1.29 is 4.42 Å². The van der Waals surface area contributed by atoms with Crippen LogP contribution in [0.4, 0.5) is 0 Å². The van der Waals surface area contributed by atoms with Gasteiger partial charge in [0.05, 0.1) is 28.8 Å². The van der Waals surface area contributed by atoms with Crippen LogP contribution in [0, 0.1) is 22.7 Å². The number of aromatic nitrogens is 3. The maximum Gasteiger partial charge on any atom is 0.168 e. The third-order valence-electron chi connectivity index (χ3n) is 8.19. The molecule has 0 aliphatic carbocycles. The Balaban J connectivity index is 1.37. The topological polar surface area (TPSA) is 99.4 Å². The molecule has 8 aromatic rings. The summed E-state index contributed by atoms with van der Waals surface area (Å²) in [5.74, 6) is 1.63. The Labute approximate surface area is 270 Å². The van der Waals surface area contributed by atoms with Crippen molar-refractivity contribution in [1.82, 2.24) is 15.0 Å². The fourth-order valence-electron chi connectivity index (χ4n) is 5.94. The van der Waals surface area contributed by atoms with Crippen molar-refractivity contribution >= 4 is 21.9 Å². The molecule has 8 rings (SSSR count). The summed E-state index contributed by atoms with van der Waals surface area (Å²) in [7, 11) is 0. The van der Waals surface area contributed by atoms with Crippen molar-refractivity contribution in [1.29, 1.82) is 10.5 Å². The zero-order valence-electron chi connectivity index (χ0n) is 24.9. The fraction of sp³-hybridized carbons (Fsp3) is 0. The van der Waals surface area contributed by atoms with E-state index < -0.39 is 0 Å². The van der Waals surface area contributed by atoms with E-state index in [1.165, 1.54) is 0 Å². The number of furan rings is 1. The van der Waals surface area contributed by atoms with Crippen molar-refractivity contribution in [2.24, 2.45) is 0 Å². The summed E-state index contributed by atoms with van der Waals surface area (Å²) in [4.78, 5) is 15.0. The first kappa shape index (κ1) is 27.6. The van der Waals surface area contributed by atoms with Crippen LogP contribution >= 0.6 is 0 Å². The van der Waals surface area contributed by atoms with Gasteiger partial charge in [-0.2, -0.15) is 10.5 Å². The predicted octanol–water partition coefficient (Wildman–Crippen LogP) is 9.85. The molecule has 0 saturated carbocycles. The molecular weight excluding hydrogens is 578 g/mol. The minimum Gasteiger partial charge on any atom is -0.455 e. The zero-order valence-corrected chi connectivity index (χ0v) is 24.9. The molecule has 0 fully saturated rings. The van der Waals surface area contributed by atoms with E-state index in [4.69, 9.17) is 19.4 Å². The Hall–Kier alpha value is -6.89. The fourth-order valence-corrected chi connectivity index (χ4v) is 5.94. The van der Waals surface area contributed by atoms with E-state index in [0.29, 0.717) is 34.2 Å². The average Bonchev–Trinajstić information content (AvgIpc) is 3.53. The minimum absolute atomic E-state index is 0.444. The summed E-state index contributed by atoms with van der Waals surface area (Å²) in [5.41, 5.74) is 8.42. The summed E-state index contributed by atoms with van der Waals surface area (Å²) in [6.07, 6.45) is 0. The molecule has 2 aromatic heterocycles. The highest BCUT2D eigenvalue weighted by Crippen LogP contribution is 2.42. The van der Waals surface area contributed by atoms with Crippen LogP contribution in [0.1, 0.15) is 11.1 Å². The van der Waals surface area contributed by atoms with E-state index in [1.54, 1.807) is 18.2 Å². The first-order valence-corrected chi connectivity index (χ1v) is 15.1. The summed E-state index contributed by atoms with van der Waals surface area (Å²) >= 11 is 0. The van der Waals surface area contributed by atoms with Crippen LogP contribution in [0.15, 0.2) is 144 Å². The lowest BCUT2D eigenvalue weighted by Gasteiger charge is -2.13. The molecule has 0 radical (unpaired) electrons. The maximum atomic E-state index is 9.50. The molecule has 2 heterocycles. The van der Waals surface area contributed by atoms with Gasteiger partial charge in [-0.05, 0) is 52.6 Å². The first-order chi connectivity index (χ1) is 23.2. The third kappa shape index (κ3) is 5.07. The lowest BCUT2D eigenvalue weighted by atomic mass is 9.94. The molecule has 0 N–H and O–H groups in total. The van der Waals surface area contributed by atoms with E-state index in [0.717, 1.165) is 55.3 Å². The first-order valence-electron chi connectivity index (χ1n) is 15.1. The van der Waals surface area contributed by atoms with Crippen molar-refractivity contribution in [2.75, 3.05) is 0 Å². The second-order valence-electron chi connectivity index (χ2n) is 11.1. The van der Waals surface area contributed by atoms with Crippen LogP contribution in [0.3, 0.4) is 0 Å². The number of para-hydroxylation sites is 1. The summed E-state index contributed by atoms with van der Waals surface area (Å²) < 4.78 is 6.57. The summed E-state index contributed by atoms with van der Waals surface area (Å²) in [6, 6.07) is 49.5. The lowest BCUT2D eigenvalue weighted by Crippen LogP contribution is -2.01. The Kier molecular flexibility index (Phi) is 6.80. The molecule has 6 heteroatoms. The quantitative estimate of drug-likeness (QED) is 0.195. The van der Waals surface area contributed by atoms with E-state index in [1.807, 2.05) is 103 Å². The molecule has 0 spiro atoms. The second kappa shape index (κ2) is 11.6.